The molecule has 0 bridgehead atoms. The van der Waals surface area contributed by atoms with Crippen molar-refractivity contribution in [2.24, 2.45) is 5.92 Å². The highest BCUT2D eigenvalue weighted by atomic mass is 16.5. The summed E-state index contributed by atoms with van der Waals surface area (Å²) in [7, 11) is 1.47. The van der Waals surface area contributed by atoms with Crippen molar-refractivity contribution >= 4 is 5.97 Å². The van der Waals surface area contributed by atoms with Gasteiger partial charge in [-0.25, -0.2) is 0 Å². The Labute approximate surface area is 109 Å². The minimum atomic E-state index is -0.0550. The summed E-state index contributed by atoms with van der Waals surface area (Å²) in [6, 6.07) is 10.5. The standard InChI is InChI=1S/C15H21NO2/c1-18-15(17)14-9-11-16(12-14)10-5-8-13-6-3-2-4-7-13/h2-4,6-7,14H,5,8-12H2,1H3. The molecule has 1 aliphatic heterocycles. The number of carbonyl (C=O) groups is 1. The van der Waals surface area contributed by atoms with E-state index in [0.29, 0.717) is 0 Å². The first-order chi connectivity index (χ1) is 8.79. The van der Waals surface area contributed by atoms with Gasteiger partial charge in [0.15, 0.2) is 0 Å². The summed E-state index contributed by atoms with van der Waals surface area (Å²) >= 11 is 0. The first-order valence-electron chi connectivity index (χ1n) is 6.63. The van der Waals surface area contributed by atoms with Crippen molar-refractivity contribution in [1.29, 1.82) is 0 Å². The van der Waals surface area contributed by atoms with Crippen molar-refractivity contribution in [2.75, 3.05) is 26.7 Å². The number of nitrogens with zero attached hydrogens (tertiary/aromatic N) is 1. The Balaban J connectivity index is 1.68. The normalized spacial score (nSPS) is 19.9. The number of ether oxygens (including phenoxy) is 1. The molecule has 1 aliphatic rings. The Kier molecular flexibility index (Phi) is 4.76. The smallest absolute Gasteiger partial charge is 0.310 e. The molecule has 0 amide bonds. The number of rotatable bonds is 5. The van der Waals surface area contributed by atoms with Gasteiger partial charge in [0.25, 0.3) is 0 Å². The van der Waals surface area contributed by atoms with Crippen LogP contribution in [-0.4, -0.2) is 37.6 Å². The highest BCUT2D eigenvalue weighted by Crippen LogP contribution is 2.17. The fraction of sp³-hybridized carbons (Fsp3) is 0.533. The predicted molar refractivity (Wildman–Crippen MR) is 71.3 cm³/mol. The van der Waals surface area contributed by atoms with Gasteiger partial charge in [-0.1, -0.05) is 30.3 Å². The lowest BCUT2D eigenvalue weighted by molar-refractivity contribution is -0.144. The van der Waals surface area contributed by atoms with Gasteiger partial charge >= 0.3 is 5.97 Å². The molecule has 1 aromatic rings. The molecule has 18 heavy (non-hydrogen) atoms. The third-order valence-corrected chi connectivity index (χ3v) is 3.59. The van der Waals surface area contributed by atoms with Crippen LogP contribution in [0.3, 0.4) is 0 Å². The molecule has 1 atom stereocenters. The number of methoxy groups -OCH3 is 1. The first kappa shape index (κ1) is 13.1. The largest absolute Gasteiger partial charge is 0.469 e. The van der Waals surface area contributed by atoms with Crippen LogP contribution in [0.5, 0.6) is 0 Å². The number of likely N-dealkylation sites (tertiary alicyclic amines) is 1. The van der Waals surface area contributed by atoms with Crippen molar-refractivity contribution < 1.29 is 9.53 Å². The zero-order valence-electron chi connectivity index (χ0n) is 11.0. The molecule has 3 heteroatoms. The van der Waals surface area contributed by atoms with Crippen LogP contribution in [0.4, 0.5) is 0 Å². The summed E-state index contributed by atoms with van der Waals surface area (Å²) in [5.41, 5.74) is 1.39. The number of hydrogen-bond acceptors (Lipinski definition) is 3. The summed E-state index contributed by atoms with van der Waals surface area (Å²) in [4.78, 5) is 13.8. The average Bonchev–Trinajstić information content (AvgIpc) is 2.88. The van der Waals surface area contributed by atoms with Gasteiger partial charge in [0.2, 0.25) is 0 Å². The monoisotopic (exact) mass is 247 g/mol. The van der Waals surface area contributed by atoms with Crippen LogP contribution >= 0.6 is 0 Å². The molecule has 0 N–H and O–H groups in total. The lowest BCUT2D eigenvalue weighted by Gasteiger charge is -2.15. The van der Waals surface area contributed by atoms with Crippen LogP contribution in [0.1, 0.15) is 18.4 Å². The number of benzene rings is 1. The summed E-state index contributed by atoms with van der Waals surface area (Å²) in [5, 5.41) is 0. The van der Waals surface area contributed by atoms with Gasteiger partial charge in [0.05, 0.1) is 13.0 Å². The van der Waals surface area contributed by atoms with E-state index in [0.717, 1.165) is 38.9 Å². The molecule has 1 unspecified atom stereocenters. The van der Waals surface area contributed by atoms with Crippen LogP contribution in [0.25, 0.3) is 0 Å². The van der Waals surface area contributed by atoms with Gasteiger partial charge in [-0.3, -0.25) is 4.79 Å². The van der Waals surface area contributed by atoms with Crippen molar-refractivity contribution in [3.05, 3.63) is 35.9 Å². The molecule has 1 aromatic carbocycles. The quantitative estimate of drug-likeness (QED) is 0.746. The van der Waals surface area contributed by atoms with E-state index in [9.17, 15) is 4.79 Å². The van der Waals surface area contributed by atoms with E-state index in [-0.39, 0.29) is 11.9 Å². The molecule has 1 fully saturated rings. The number of carbonyl (C=O) groups excluding carboxylic acids is 1. The molecule has 0 radical (unpaired) electrons. The van der Waals surface area contributed by atoms with Gasteiger partial charge in [-0.05, 0) is 37.9 Å². The van der Waals surface area contributed by atoms with Crippen LogP contribution < -0.4 is 0 Å². The summed E-state index contributed by atoms with van der Waals surface area (Å²) in [6.45, 7) is 2.96. The van der Waals surface area contributed by atoms with Crippen molar-refractivity contribution in [2.45, 2.75) is 19.3 Å². The van der Waals surface area contributed by atoms with Crippen LogP contribution in [0.2, 0.25) is 0 Å². The Morgan fingerprint density at radius 3 is 2.89 bits per heavy atom. The summed E-state index contributed by atoms with van der Waals surface area (Å²) < 4.78 is 4.79. The maximum atomic E-state index is 11.4. The van der Waals surface area contributed by atoms with Crippen LogP contribution in [-0.2, 0) is 16.0 Å². The van der Waals surface area contributed by atoms with E-state index in [2.05, 4.69) is 29.2 Å². The fourth-order valence-electron chi connectivity index (χ4n) is 2.55. The third kappa shape index (κ3) is 3.57. The van der Waals surface area contributed by atoms with Crippen molar-refractivity contribution in [3.63, 3.8) is 0 Å². The topological polar surface area (TPSA) is 29.5 Å². The molecule has 2 rings (SSSR count). The SMILES string of the molecule is COC(=O)C1CCN(CCCc2ccccc2)C1. The minimum absolute atomic E-state index is 0.0550. The van der Waals surface area contributed by atoms with E-state index in [4.69, 9.17) is 4.74 Å². The van der Waals surface area contributed by atoms with E-state index in [1.807, 2.05) is 6.07 Å². The minimum Gasteiger partial charge on any atom is -0.469 e. The van der Waals surface area contributed by atoms with Gasteiger partial charge in [-0.2, -0.15) is 0 Å². The maximum Gasteiger partial charge on any atom is 0.310 e. The second-order valence-corrected chi connectivity index (χ2v) is 4.90. The van der Waals surface area contributed by atoms with Gasteiger partial charge in [0, 0.05) is 6.54 Å². The molecule has 98 valence electrons. The van der Waals surface area contributed by atoms with Crippen molar-refractivity contribution in [1.82, 2.24) is 4.90 Å². The van der Waals surface area contributed by atoms with Gasteiger partial charge in [0.1, 0.15) is 0 Å². The number of hydrogen-bond donors (Lipinski definition) is 0. The van der Waals surface area contributed by atoms with Gasteiger partial charge < -0.3 is 9.64 Å². The van der Waals surface area contributed by atoms with E-state index >= 15 is 0 Å². The lowest BCUT2D eigenvalue weighted by atomic mass is 10.1. The Morgan fingerprint density at radius 2 is 2.17 bits per heavy atom. The number of esters is 1. The second kappa shape index (κ2) is 6.55. The lowest BCUT2D eigenvalue weighted by Crippen LogP contribution is -2.25. The maximum absolute atomic E-state index is 11.4. The summed E-state index contributed by atoms with van der Waals surface area (Å²) in [6.07, 6.45) is 3.20. The molecule has 0 spiro atoms. The molecule has 1 saturated heterocycles. The molecular weight excluding hydrogens is 226 g/mol. The molecule has 3 nitrogen and oxygen atoms in total. The Bertz CT molecular complexity index is 377. The zero-order chi connectivity index (χ0) is 12.8. The van der Waals surface area contributed by atoms with Crippen LogP contribution in [0.15, 0.2) is 30.3 Å². The Morgan fingerprint density at radius 1 is 1.39 bits per heavy atom. The molecule has 0 aliphatic carbocycles. The molecular formula is C15H21NO2. The molecule has 0 saturated carbocycles. The van der Waals surface area contributed by atoms with Crippen LogP contribution in [0, 0.1) is 5.92 Å². The first-order valence-corrected chi connectivity index (χ1v) is 6.63. The van der Waals surface area contributed by atoms with Gasteiger partial charge in [-0.15, -0.1) is 0 Å². The predicted octanol–water partition coefficient (Wildman–Crippen LogP) is 2.11. The van der Waals surface area contributed by atoms with E-state index in [1.54, 1.807) is 0 Å². The second-order valence-electron chi connectivity index (χ2n) is 4.90. The highest BCUT2D eigenvalue weighted by Gasteiger charge is 2.28. The molecule has 0 aromatic heterocycles. The van der Waals surface area contributed by atoms with E-state index in [1.165, 1.54) is 12.7 Å². The van der Waals surface area contributed by atoms with Crippen molar-refractivity contribution in [3.8, 4) is 0 Å². The summed E-state index contributed by atoms with van der Waals surface area (Å²) in [5.74, 6) is 0.0345. The Hall–Kier alpha value is -1.35. The molecule has 1 heterocycles. The average molecular weight is 247 g/mol. The zero-order valence-corrected chi connectivity index (χ0v) is 11.0. The highest BCUT2D eigenvalue weighted by molar-refractivity contribution is 5.72. The number of aryl methyl sites for hydroxylation is 1. The van der Waals surface area contributed by atoms with E-state index < -0.39 is 0 Å². The fourth-order valence-corrected chi connectivity index (χ4v) is 2.55. The third-order valence-electron chi connectivity index (χ3n) is 3.59.